The fraction of sp³-hybridized carbons (Fsp3) is 0.0909. The van der Waals surface area contributed by atoms with Crippen LogP contribution in [0.1, 0.15) is 11.4 Å². The van der Waals surface area contributed by atoms with E-state index in [1.54, 1.807) is 12.4 Å². The lowest BCUT2D eigenvalue weighted by Gasteiger charge is -2.06. The maximum atomic E-state index is 8.64. The highest BCUT2D eigenvalue weighted by molar-refractivity contribution is 9.10. The van der Waals surface area contributed by atoms with Crippen molar-refractivity contribution in [3.05, 3.63) is 52.5 Å². The molecular formula is C11H11BrN4O. The van der Waals surface area contributed by atoms with Gasteiger partial charge in [-0.3, -0.25) is 0 Å². The smallest absolute Gasteiger partial charge is 0.206 e. The molecule has 0 radical (unpaired) electrons. The van der Waals surface area contributed by atoms with Crippen LogP contribution < -0.4 is 5.73 Å². The third-order valence-corrected chi connectivity index (χ3v) is 2.85. The number of imidazole rings is 1. The highest BCUT2D eigenvalue weighted by atomic mass is 79.9. The lowest BCUT2D eigenvalue weighted by molar-refractivity contribution is 0.318. The molecule has 1 aromatic carbocycles. The summed E-state index contributed by atoms with van der Waals surface area (Å²) in [7, 11) is 0. The van der Waals surface area contributed by atoms with Crippen LogP contribution in [0.4, 0.5) is 0 Å². The average Bonchev–Trinajstić information content (AvgIpc) is 2.79. The second kappa shape index (κ2) is 5.01. The Kier molecular flexibility index (Phi) is 3.43. The zero-order chi connectivity index (χ0) is 12.3. The Morgan fingerprint density at radius 1 is 1.41 bits per heavy atom. The molecule has 17 heavy (non-hydrogen) atoms. The molecule has 0 unspecified atom stereocenters. The molecule has 0 saturated heterocycles. The van der Waals surface area contributed by atoms with Gasteiger partial charge in [-0.05, 0) is 17.7 Å². The Morgan fingerprint density at radius 3 is 2.76 bits per heavy atom. The Labute approximate surface area is 107 Å². The average molecular weight is 295 g/mol. The molecule has 0 bridgehead atoms. The van der Waals surface area contributed by atoms with Gasteiger partial charge in [-0.1, -0.05) is 33.2 Å². The highest BCUT2D eigenvalue weighted by Gasteiger charge is 2.07. The molecule has 0 aliphatic carbocycles. The van der Waals surface area contributed by atoms with Crippen molar-refractivity contribution >= 4 is 21.8 Å². The molecular weight excluding hydrogens is 284 g/mol. The maximum absolute atomic E-state index is 8.64. The van der Waals surface area contributed by atoms with Crippen molar-refractivity contribution in [3.8, 4) is 0 Å². The van der Waals surface area contributed by atoms with Crippen LogP contribution in [0.3, 0.4) is 0 Å². The minimum absolute atomic E-state index is 0.00658. The van der Waals surface area contributed by atoms with Gasteiger partial charge in [-0.25, -0.2) is 4.98 Å². The number of rotatable bonds is 3. The van der Waals surface area contributed by atoms with Gasteiger partial charge in [-0.15, -0.1) is 0 Å². The summed E-state index contributed by atoms with van der Waals surface area (Å²) >= 11 is 3.38. The van der Waals surface area contributed by atoms with Gasteiger partial charge in [0.2, 0.25) is 5.84 Å². The molecule has 0 aliphatic rings. The minimum Gasteiger partial charge on any atom is -0.409 e. The summed E-state index contributed by atoms with van der Waals surface area (Å²) in [6.45, 7) is 0.624. The van der Waals surface area contributed by atoms with Gasteiger partial charge in [0, 0.05) is 23.4 Å². The molecule has 0 spiro atoms. The van der Waals surface area contributed by atoms with E-state index < -0.39 is 0 Å². The molecule has 2 rings (SSSR count). The zero-order valence-corrected chi connectivity index (χ0v) is 10.5. The van der Waals surface area contributed by atoms with E-state index in [0.29, 0.717) is 12.4 Å². The molecule has 1 aromatic heterocycles. The molecule has 0 aliphatic heterocycles. The Bertz CT molecular complexity index is 533. The van der Waals surface area contributed by atoms with E-state index in [0.717, 1.165) is 10.0 Å². The van der Waals surface area contributed by atoms with Crippen LogP contribution in [0.25, 0.3) is 0 Å². The molecule has 0 atom stereocenters. The number of oxime groups is 1. The van der Waals surface area contributed by atoms with E-state index in [2.05, 4.69) is 26.1 Å². The number of hydrogen-bond donors (Lipinski definition) is 2. The monoisotopic (exact) mass is 294 g/mol. The van der Waals surface area contributed by atoms with Crippen molar-refractivity contribution in [1.29, 1.82) is 0 Å². The first-order valence-electron chi connectivity index (χ1n) is 4.94. The normalized spacial score (nSPS) is 11.7. The zero-order valence-electron chi connectivity index (χ0n) is 8.92. The first-order chi connectivity index (χ1) is 8.20. The summed E-state index contributed by atoms with van der Waals surface area (Å²) < 4.78 is 2.85. The van der Waals surface area contributed by atoms with E-state index in [1.165, 1.54) is 0 Å². The SMILES string of the molecule is NC(=NO)c1nccn1Cc1ccc(Br)cc1. The molecule has 5 nitrogen and oxygen atoms in total. The van der Waals surface area contributed by atoms with Gasteiger partial charge in [0.1, 0.15) is 0 Å². The van der Waals surface area contributed by atoms with E-state index in [4.69, 9.17) is 10.9 Å². The van der Waals surface area contributed by atoms with Gasteiger partial charge < -0.3 is 15.5 Å². The quantitative estimate of drug-likeness (QED) is 0.392. The molecule has 0 saturated carbocycles. The number of hydrogen-bond acceptors (Lipinski definition) is 3. The van der Waals surface area contributed by atoms with Gasteiger partial charge in [0.15, 0.2) is 5.82 Å². The summed E-state index contributed by atoms with van der Waals surface area (Å²) in [6, 6.07) is 7.94. The largest absolute Gasteiger partial charge is 0.409 e. The predicted octanol–water partition coefficient (Wildman–Crippen LogP) is 1.79. The molecule has 2 aromatic rings. The van der Waals surface area contributed by atoms with Crippen molar-refractivity contribution in [3.63, 3.8) is 0 Å². The molecule has 3 N–H and O–H groups in total. The number of benzene rings is 1. The minimum atomic E-state index is 0.00658. The fourth-order valence-electron chi connectivity index (χ4n) is 1.50. The van der Waals surface area contributed by atoms with E-state index >= 15 is 0 Å². The second-order valence-corrected chi connectivity index (χ2v) is 4.41. The van der Waals surface area contributed by atoms with E-state index in [9.17, 15) is 0 Å². The van der Waals surface area contributed by atoms with Gasteiger partial charge in [0.05, 0.1) is 0 Å². The lowest BCUT2D eigenvalue weighted by Crippen LogP contribution is -2.19. The van der Waals surface area contributed by atoms with Crippen LogP contribution in [0, 0.1) is 0 Å². The summed E-state index contributed by atoms with van der Waals surface area (Å²) in [4.78, 5) is 4.04. The Balaban J connectivity index is 2.25. The van der Waals surface area contributed by atoms with Crippen LogP contribution in [0.2, 0.25) is 0 Å². The standard InChI is InChI=1S/C11H11BrN4O/c12-9-3-1-8(2-4-9)7-16-6-5-14-11(16)10(13)15-17/h1-6,17H,7H2,(H2,13,15). The Morgan fingerprint density at radius 2 is 2.12 bits per heavy atom. The summed E-state index contributed by atoms with van der Waals surface area (Å²) in [5, 5.41) is 11.6. The van der Waals surface area contributed by atoms with Gasteiger partial charge in [-0.2, -0.15) is 0 Å². The fourth-order valence-corrected chi connectivity index (χ4v) is 1.77. The molecule has 6 heteroatoms. The summed E-state index contributed by atoms with van der Waals surface area (Å²) in [6.07, 6.45) is 3.40. The van der Waals surface area contributed by atoms with Crippen molar-refractivity contribution < 1.29 is 5.21 Å². The predicted molar refractivity (Wildman–Crippen MR) is 68.0 cm³/mol. The van der Waals surface area contributed by atoms with Crippen molar-refractivity contribution in [2.75, 3.05) is 0 Å². The molecule has 0 amide bonds. The topological polar surface area (TPSA) is 76.4 Å². The third-order valence-electron chi connectivity index (χ3n) is 2.32. The number of aromatic nitrogens is 2. The first-order valence-corrected chi connectivity index (χ1v) is 5.73. The van der Waals surface area contributed by atoms with E-state index in [-0.39, 0.29) is 5.84 Å². The Hall–Kier alpha value is -1.82. The number of amidine groups is 1. The first kappa shape index (κ1) is 11.7. The van der Waals surface area contributed by atoms with E-state index in [1.807, 2.05) is 28.8 Å². The van der Waals surface area contributed by atoms with Crippen LogP contribution in [0.15, 0.2) is 46.3 Å². The molecule has 1 heterocycles. The number of halogens is 1. The van der Waals surface area contributed by atoms with Gasteiger partial charge >= 0.3 is 0 Å². The molecule has 0 fully saturated rings. The van der Waals surface area contributed by atoms with Crippen LogP contribution in [-0.2, 0) is 6.54 Å². The van der Waals surface area contributed by atoms with Crippen LogP contribution >= 0.6 is 15.9 Å². The van der Waals surface area contributed by atoms with Crippen molar-refractivity contribution in [2.45, 2.75) is 6.54 Å². The van der Waals surface area contributed by atoms with Crippen molar-refractivity contribution in [1.82, 2.24) is 9.55 Å². The molecule has 88 valence electrons. The van der Waals surface area contributed by atoms with Gasteiger partial charge in [0.25, 0.3) is 0 Å². The van der Waals surface area contributed by atoms with Crippen molar-refractivity contribution in [2.24, 2.45) is 10.9 Å². The number of nitrogens with two attached hydrogens (primary N) is 1. The summed E-state index contributed by atoms with van der Waals surface area (Å²) in [5.41, 5.74) is 6.64. The lowest BCUT2D eigenvalue weighted by atomic mass is 10.2. The maximum Gasteiger partial charge on any atom is 0.206 e. The summed E-state index contributed by atoms with van der Waals surface area (Å²) in [5.74, 6) is 0.461. The van der Waals surface area contributed by atoms with Crippen LogP contribution in [-0.4, -0.2) is 20.6 Å². The number of nitrogens with zero attached hydrogens (tertiary/aromatic N) is 3. The highest BCUT2D eigenvalue weighted by Crippen LogP contribution is 2.12. The van der Waals surface area contributed by atoms with Crippen LogP contribution in [0.5, 0.6) is 0 Å². The third kappa shape index (κ3) is 2.65. The second-order valence-electron chi connectivity index (χ2n) is 3.49.